The zero-order valence-corrected chi connectivity index (χ0v) is 21.1. The van der Waals surface area contributed by atoms with E-state index in [0.29, 0.717) is 28.0 Å². The van der Waals surface area contributed by atoms with Gasteiger partial charge >= 0.3 is 5.69 Å². The van der Waals surface area contributed by atoms with E-state index in [-0.39, 0.29) is 27.7 Å². The number of nitro benzene ring substituents is 1. The number of halogens is 1. The molecule has 0 aliphatic carbocycles. The van der Waals surface area contributed by atoms with Crippen molar-refractivity contribution in [1.29, 1.82) is 0 Å². The van der Waals surface area contributed by atoms with Gasteiger partial charge in [-0.15, -0.1) is 10.2 Å². The third-order valence-electron chi connectivity index (χ3n) is 5.60. The maximum atomic E-state index is 13.2. The highest BCUT2D eigenvalue weighted by atomic mass is 35.5. The SMILES string of the molecule is COc1ccc(NC(=O)c2cc3ccccc3c(N=Nc3cc(Cl)c(OC)cc3[N+](=O)[O-])c2O)c(OC)c1. The fourth-order valence-corrected chi connectivity index (χ4v) is 3.94. The maximum absolute atomic E-state index is 13.2. The largest absolute Gasteiger partial charge is 0.505 e. The van der Waals surface area contributed by atoms with Crippen LogP contribution in [-0.4, -0.2) is 37.3 Å². The Labute approximate surface area is 221 Å². The highest BCUT2D eigenvalue weighted by Crippen LogP contribution is 2.42. The van der Waals surface area contributed by atoms with Gasteiger partial charge in [0.05, 0.1) is 48.6 Å². The zero-order valence-electron chi connectivity index (χ0n) is 20.4. The number of nitro groups is 1. The number of hydrogen-bond acceptors (Lipinski definition) is 9. The molecule has 0 radical (unpaired) electrons. The summed E-state index contributed by atoms with van der Waals surface area (Å²) in [6.07, 6.45) is 0. The van der Waals surface area contributed by atoms with E-state index in [9.17, 15) is 20.0 Å². The number of carbonyl (C=O) groups is 1. The molecule has 2 N–H and O–H groups in total. The average molecular weight is 537 g/mol. The average Bonchev–Trinajstić information content (AvgIpc) is 2.92. The molecule has 0 heterocycles. The van der Waals surface area contributed by atoms with Crippen LogP contribution in [0.4, 0.5) is 22.7 Å². The van der Waals surface area contributed by atoms with E-state index in [1.165, 1.54) is 33.5 Å². The number of hydrogen-bond donors (Lipinski definition) is 2. The Morgan fingerprint density at radius 1 is 0.974 bits per heavy atom. The quantitative estimate of drug-likeness (QED) is 0.143. The summed E-state index contributed by atoms with van der Waals surface area (Å²) in [5, 5.41) is 34.6. The molecule has 4 aromatic carbocycles. The number of phenolic OH excluding ortho intramolecular Hbond substituents is 1. The van der Waals surface area contributed by atoms with Crippen LogP contribution < -0.4 is 19.5 Å². The number of phenols is 1. The number of nitrogens with zero attached hydrogens (tertiary/aromatic N) is 3. The van der Waals surface area contributed by atoms with Gasteiger partial charge in [-0.05, 0) is 29.7 Å². The minimum absolute atomic E-state index is 0.0591. The molecule has 11 nitrogen and oxygen atoms in total. The number of fused-ring (bicyclic) bond motifs is 1. The van der Waals surface area contributed by atoms with Crippen molar-refractivity contribution in [1.82, 2.24) is 0 Å². The van der Waals surface area contributed by atoms with E-state index >= 15 is 0 Å². The number of nitrogens with one attached hydrogen (secondary N) is 1. The number of rotatable bonds is 8. The first-order valence-corrected chi connectivity index (χ1v) is 11.4. The van der Waals surface area contributed by atoms with Crippen LogP contribution in [0.15, 0.2) is 70.9 Å². The number of anilines is 1. The summed E-state index contributed by atoms with van der Waals surface area (Å²) in [4.78, 5) is 24.2. The molecule has 0 aromatic heterocycles. The summed E-state index contributed by atoms with van der Waals surface area (Å²) in [7, 11) is 4.28. The fraction of sp³-hybridized carbons (Fsp3) is 0.115. The van der Waals surface area contributed by atoms with Crippen molar-refractivity contribution in [3.8, 4) is 23.0 Å². The summed E-state index contributed by atoms with van der Waals surface area (Å²) in [6, 6.07) is 15.6. The van der Waals surface area contributed by atoms with Crippen LogP contribution in [0.5, 0.6) is 23.0 Å². The highest BCUT2D eigenvalue weighted by Gasteiger charge is 2.22. The summed E-state index contributed by atoms with van der Waals surface area (Å²) in [5.74, 6) is -0.144. The molecular weight excluding hydrogens is 516 g/mol. The standard InChI is InChI=1S/C26H21ClN4O7/c1-36-15-8-9-19(23(11-15)38-3)28-26(33)17-10-14-6-4-5-7-16(14)24(25(17)32)30-29-20-12-18(27)22(37-2)13-21(20)31(34)35/h4-13,32H,1-3H3,(H,28,33). The number of ether oxygens (including phenoxy) is 3. The molecule has 194 valence electrons. The van der Waals surface area contributed by atoms with E-state index < -0.39 is 22.3 Å². The molecule has 4 rings (SSSR count). The van der Waals surface area contributed by atoms with Crippen molar-refractivity contribution in [2.75, 3.05) is 26.6 Å². The van der Waals surface area contributed by atoms with E-state index in [1.54, 1.807) is 42.5 Å². The smallest absolute Gasteiger partial charge is 0.300 e. The predicted octanol–water partition coefficient (Wildman–Crippen LogP) is 6.80. The van der Waals surface area contributed by atoms with Gasteiger partial charge in [-0.3, -0.25) is 14.9 Å². The van der Waals surface area contributed by atoms with Gasteiger partial charge in [-0.1, -0.05) is 35.9 Å². The summed E-state index contributed by atoms with van der Waals surface area (Å²) >= 11 is 6.13. The van der Waals surface area contributed by atoms with Gasteiger partial charge in [0.2, 0.25) is 0 Å². The van der Waals surface area contributed by atoms with Gasteiger partial charge in [0.25, 0.3) is 5.91 Å². The maximum Gasteiger partial charge on any atom is 0.300 e. The molecule has 38 heavy (non-hydrogen) atoms. The molecule has 12 heteroatoms. The molecule has 0 atom stereocenters. The van der Waals surface area contributed by atoms with Crippen molar-refractivity contribution in [2.24, 2.45) is 10.2 Å². The van der Waals surface area contributed by atoms with Crippen molar-refractivity contribution in [3.63, 3.8) is 0 Å². The summed E-state index contributed by atoms with van der Waals surface area (Å²) in [6.45, 7) is 0. The van der Waals surface area contributed by atoms with Gasteiger partial charge in [0.15, 0.2) is 11.4 Å². The van der Waals surface area contributed by atoms with Gasteiger partial charge < -0.3 is 24.6 Å². The van der Waals surface area contributed by atoms with Gasteiger partial charge in [-0.25, -0.2) is 0 Å². The second kappa shape index (κ2) is 11.0. The molecular formula is C26H21ClN4O7. The minimum atomic E-state index is -0.655. The number of benzene rings is 4. The number of azo groups is 1. The van der Waals surface area contributed by atoms with Crippen molar-refractivity contribution < 1.29 is 29.0 Å². The Bertz CT molecular complexity index is 1590. The zero-order chi connectivity index (χ0) is 27.4. The van der Waals surface area contributed by atoms with Gasteiger partial charge in [-0.2, -0.15) is 0 Å². The van der Waals surface area contributed by atoms with Crippen LogP contribution in [0.3, 0.4) is 0 Å². The summed E-state index contributed by atoms with van der Waals surface area (Å²) in [5.41, 5.74) is -0.382. The van der Waals surface area contributed by atoms with Crippen LogP contribution in [-0.2, 0) is 0 Å². The molecule has 0 unspecified atom stereocenters. The number of carbonyl (C=O) groups excluding carboxylic acids is 1. The Hall–Kier alpha value is -4.90. The first-order valence-electron chi connectivity index (χ1n) is 11.0. The third-order valence-corrected chi connectivity index (χ3v) is 5.90. The molecule has 0 spiro atoms. The van der Waals surface area contributed by atoms with Crippen LogP contribution >= 0.6 is 11.6 Å². The van der Waals surface area contributed by atoms with E-state index in [0.717, 1.165) is 6.07 Å². The molecule has 4 aromatic rings. The predicted molar refractivity (Wildman–Crippen MR) is 142 cm³/mol. The monoisotopic (exact) mass is 536 g/mol. The molecule has 0 saturated heterocycles. The lowest BCUT2D eigenvalue weighted by Crippen LogP contribution is -2.13. The molecule has 0 fully saturated rings. The molecule has 0 aliphatic heterocycles. The second-order valence-electron chi connectivity index (χ2n) is 7.80. The first-order chi connectivity index (χ1) is 18.3. The van der Waals surface area contributed by atoms with Gasteiger partial charge in [0.1, 0.15) is 22.9 Å². The number of aromatic hydroxyl groups is 1. The molecule has 0 saturated carbocycles. The van der Waals surface area contributed by atoms with Crippen LogP contribution in [0, 0.1) is 10.1 Å². The second-order valence-corrected chi connectivity index (χ2v) is 8.20. The first kappa shape index (κ1) is 26.2. The minimum Gasteiger partial charge on any atom is -0.505 e. The molecule has 0 aliphatic rings. The molecule has 0 bridgehead atoms. The normalized spacial score (nSPS) is 10.9. The van der Waals surface area contributed by atoms with Crippen molar-refractivity contribution in [2.45, 2.75) is 0 Å². The highest BCUT2D eigenvalue weighted by molar-refractivity contribution is 6.32. The Kier molecular flexibility index (Phi) is 7.58. The lowest BCUT2D eigenvalue weighted by atomic mass is 10.0. The molecule has 1 amide bonds. The topological polar surface area (TPSA) is 145 Å². The summed E-state index contributed by atoms with van der Waals surface area (Å²) < 4.78 is 15.5. The van der Waals surface area contributed by atoms with Crippen LogP contribution in [0.2, 0.25) is 5.02 Å². The van der Waals surface area contributed by atoms with Crippen LogP contribution in [0.1, 0.15) is 10.4 Å². The Balaban J connectivity index is 1.80. The Morgan fingerprint density at radius 2 is 1.71 bits per heavy atom. The third kappa shape index (κ3) is 5.13. The van der Waals surface area contributed by atoms with Gasteiger partial charge in [0, 0.05) is 11.5 Å². The van der Waals surface area contributed by atoms with E-state index in [4.69, 9.17) is 25.8 Å². The Morgan fingerprint density at radius 3 is 2.39 bits per heavy atom. The lowest BCUT2D eigenvalue weighted by Gasteiger charge is -2.14. The van der Waals surface area contributed by atoms with E-state index in [2.05, 4.69) is 15.5 Å². The van der Waals surface area contributed by atoms with Crippen LogP contribution in [0.25, 0.3) is 10.8 Å². The fourth-order valence-electron chi connectivity index (χ4n) is 3.70. The number of methoxy groups -OCH3 is 3. The number of amides is 1. The van der Waals surface area contributed by atoms with Crippen molar-refractivity contribution in [3.05, 3.63) is 81.4 Å². The lowest BCUT2D eigenvalue weighted by molar-refractivity contribution is -0.384. The van der Waals surface area contributed by atoms with Crippen molar-refractivity contribution >= 4 is 51.0 Å². The van der Waals surface area contributed by atoms with E-state index in [1.807, 2.05) is 0 Å².